The van der Waals surface area contributed by atoms with Gasteiger partial charge in [0.2, 0.25) is 0 Å². The highest BCUT2D eigenvalue weighted by atomic mass is 35.5. The van der Waals surface area contributed by atoms with E-state index < -0.39 is 165 Å². The van der Waals surface area contributed by atoms with Gasteiger partial charge in [-0.2, -0.15) is 0 Å². The minimum atomic E-state index is -4.16. The first-order valence-corrected chi connectivity index (χ1v) is 43.0. The summed E-state index contributed by atoms with van der Waals surface area (Å²) in [7, 11) is -16.6. The molecule has 0 spiro atoms. The molecule has 4 N–H and O–H groups in total. The van der Waals surface area contributed by atoms with Gasteiger partial charge in [-0.15, -0.1) is 13.2 Å². The number of halogens is 12. The molecular formula is C80H76Cl4F8O16S4. The highest BCUT2D eigenvalue weighted by Gasteiger charge is 2.60. The molecule has 8 aromatic carbocycles. The van der Waals surface area contributed by atoms with Crippen LogP contribution in [0.25, 0.3) is 0 Å². The van der Waals surface area contributed by atoms with Crippen molar-refractivity contribution >= 4 is 85.8 Å². The van der Waals surface area contributed by atoms with Crippen molar-refractivity contribution in [2.75, 3.05) is 26.4 Å². The molecule has 600 valence electrons. The zero-order chi connectivity index (χ0) is 81.2. The molecule has 112 heavy (non-hydrogen) atoms. The zero-order valence-electron chi connectivity index (χ0n) is 59.4. The fourth-order valence-corrected chi connectivity index (χ4v) is 25.4. The van der Waals surface area contributed by atoms with Crippen molar-refractivity contribution in [1.29, 1.82) is 0 Å². The highest BCUT2D eigenvalue weighted by molar-refractivity contribution is 7.93. The minimum Gasteiger partial charge on any atom is -0.490 e. The fourth-order valence-electron chi connectivity index (χ4n) is 16.0. The third kappa shape index (κ3) is 16.9. The van der Waals surface area contributed by atoms with Gasteiger partial charge in [-0.25, -0.2) is 68.8 Å². The molecule has 6 aliphatic rings. The molecule has 2 fully saturated rings. The van der Waals surface area contributed by atoms with Crippen molar-refractivity contribution < 1.29 is 108 Å². The molecule has 2 aliphatic carbocycles. The van der Waals surface area contributed by atoms with E-state index in [1.165, 1.54) is 109 Å². The van der Waals surface area contributed by atoms with Gasteiger partial charge in [0, 0.05) is 43.8 Å². The van der Waals surface area contributed by atoms with E-state index in [1.807, 2.05) is 0 Å². The molecule has 12 atom stereocenters. The topological polar surface area (TPSA) is 254 Å². The van der Waals surface area contributed by atoms with Gasteiger partial charge in [-0.3, -0.25) is 0 Å². The Hall–Kier alpha value is -7.32. The van der Waals surface area contributed by atoms with Gasteiger partial charge in [0.15, 0.2) is 85.6 Å². The van der Waals surface area contributed by atoms with Crippen LogP contribution in [-0.2, 0) is 48.8 Å². The van der Waals surface area contributed by atoms with Crippen LogP contribution >= 0.6 is 46.4 Å². The van der Waals surface area contributed by atoms with Crippen LogP contribution in [-0.4, -0.2) is 105 Å². The maximum atomic E-state index is 15.0. The first-order valence-electron chi connectivity index (χ1n) is 35.4. The van der Waals surface area contributed by atoms with Crippen molar-refractivity contribution in [2.24, 2.45) is 23.7 Å². The Bertz CT molecular complexity index is 4950. The quantitative estimate of drug-likeness (QED) is 0.0518. The van der Waals surface area contributed by atoms with Gasteiger partial charge in [-0.05, 0) is 223 Å². The van der Waals surface area contributed by atoms with Crippen LogP contribution in [0.2, 0.25) is 20.1 Å². The van der Waals surface area contributed by atoms with Gasteiger partial charge >= 0.3 is 0 Å². The van der Waals surface area contributed by atoms with Crippen molar-refractivity contribution in [2.45, 2.75) is 141 Å². The molecule has 0 amide bonds. The van der Waals surface area contributed by atoms with E-state index in [0.717, 1.165) is 48.5 Å². The number of hydrogen-bond acceptors (Lipinski definition) is 16. The molecule has 0 saturated heterocycles. The van der Waals surface area contributed by atoms with E-state index in [1.54, 1.807) is 0 Å². The fraction of sp³-hybridized carbons (Fsp3) is 0.350. The van der Waals surface area contributed by atoms with Crippen LogP contribution in [0.5, 0.6) is 23.0 Å². The number of ether oxygens (including phenoxy) is 4. The average molecular weight is 1720 g/mol. The van der Waals surface area contributed by atoms with Crippen molar-refractivity contribution in [3.63, 3.8) is 0 Å². The molecule has 4 unspecified atom stereocenters. The molecule has 4 heterocycles. The lowest BCUT2D eigenvalue weighted by molar-refractivity contribution is 0.0974. The van der Waals surface area contributed by atoms with Crippen LogP contribution in [0.15, 0.2) is 190 Å². The largest absolute Gasteiger partial charge is 0.490 e. The number of aliphatic hydroxyl groups excluding tert-OH is 4. The standard InChI is InChI=1S/4C20H19ClF2O4S/c2*21-13-3-5-15(6-4-13)28(25,26)20-9-1-2-14(24)10-12(20)11-27-19-17(23)8-7-16(22)18(19)20;2*1-2-3-14(24)10-12-11-27-19-17(23)9-8-16(22)18(19)20(12)28(25,26)15-6-4-13(21)5-7-15/h2*3-8,12,14,24H,1-2,9-11H2;2*2,4-9,12,14,20,24H,1,3,10-11H2/t12?,14-,20+;12?,14-,20-;2*12-,14?,20+/m0100/s1. The van der Waals surface area contributed by atoms with Crippen LogP contribution in [0.3, 0.4) is 0 Å². The Labute approximate surface area is 663 Å². The minimum absolute atomic E-state index is 0.0187. The lowest BCUT2D eigenvalue weighted by atomic mass is 9.79. The monoisotopic (exact) mass is 1710 g/mol. The molecule has 8 aromatic rings. The van der Waals surface area contributed by atoms with Gasteiger partial charge < -0.3 is 39.4 Å². The number of benzene rings is 8. The normalized spacial score (nSPS) is 23.7. The summed E-state index contributed by atoms with van der Waals surface area (Å²) in [4.78, 5) is -0.173. The first kappa shape index (κ1) is 85.6. The maximum Gasteiger partial charge on any atom is 0.188 e. The molecule has 32 heteroatoms. The average Bonchev–Trinajstić information content (AvgIpc) is 1.08. The highest BCUT2D eigenvalue weighted by Crippen LogP contribution is 2.59. The maximum absolute atomic E-state index is 15.0. The summed E-state index contributed by atoms with van der Waals surface area (Å²) in [6.45, 7) is 6.53. The van der Waals surface area contributed by atoms with Crippen LogP contribution in [0.4, 0.5) is 35.1 Å². The summed E-state index contributed by atoms with van der Waals surface area (Å²) in [5.41, 5.74) is -1.24. The molecule has 14 rings (SSSR count). The third-order valence-corrected chi connectivity index (χ3v) is 31.7. The van der Waals surface area contributed by atoms with Gasteiger partial charge in [-0.1, -0.05) is 58.6 Å². The molecule has 0 radical (unpaired) electrons. The summed E-state index contributed by atoms with van der Waals surface area (Å²) >= 11 is 23.5. The van der Waals surface area contributed by atoms with E-state index in [9.17, 15) is 80.4 Å². The third-order valence-electron chi connectivity index (χ3n) is 21.1. The molecule has 4 aliphatic heterocycles. The summed E-state index contributed by atoms with van der Waals surface area (Å²) in [5, 5.41) is 39.4. The SMILES string of the molecule is C=CCC(O)C[C@H]1COc2c(F)ccc(F)c2[C@@H]1S(=O)(=O)c1ccc(Cl)cc1.C=CCC(O)C[C@H]1COc2c(F)ccc(F)c2[C@@H]1S(=O)(=O)c1ccc(Cl)cc1.O=S(=O)(c1ccc(Cl)cc1)[C@]12CCC[C@@H](O)CC1COc1c(F)ccc(F)c12.O=S(=O)(c1ccc(Cl)cc1)[C@]12CCC[C@H](O)CC1COc1c(F)ccc(F)c12. The summed E-state index contributed by atoms with van der Waals surface area (Å²) < 4.78 is 244. The Balaban J connectivity index is 0.000000148. The lowest BCUT2D eigenvalue weighted by Crippen LogP contribution is -2.49. The van der Waals surface area contributed by atoms with E-state index in [0.29, 0.717) is 45.8 Å². The van der Waals surface area contributed by atoms with E-state index in [2.05, 4.69) is 13.2 Å². The Morgan fingerprint density at radius 1 is 0.402 bits per heavy atom. The number of fused-ring (bicyclic) bond motifs is 8. The van der Waals surface area contributed by atoms with Crippen molar-refractivity contribution in [3.8, 4) is 23.0 Å². The van der Waals surface area contributed by atoms with Crippen LogP contribution < -0.4 is 18.9 Å². The smallest absolute Gasteiger partial charge is 0.188 e. The van der Waals surface area contributed by atoms with E-state index >= 15 is 8.78 Å². The van der Waals surface area contributed by atoms with E-state index in [4.69, 9.17) is 65.4 Å². The lowest BCUT2D eigenvalue weighted by Gasteiger charge is -2.44. The predicted octanol–water partition coefficient (Wildman–Crippen LogP) is 17.4. The van der Waals surface area contributed by atoms with Crippen molar-refractivity contribution in [1.82, 2.24) is 0 Å². The molecule has 0 bridgehead atoms. The van der Waals surface area contributed by atoms with Crippen LogP contribution in [0, 0.1) is 70.2 Å². The number of hydrogen-bond donors (Lipinski definition) is 4. The summed E-state index contributed by atoms with van der Waals surface area (Å²) in [6, 6.07) is 29.5. The number of sulfone groups is 4. The summed E-state index contributed by atoms with van der Waals surface area (Å²) in [6.07, 6.45) is 2.21. The second-order valence-corrected chi connectivity index (χ2v) is 38.4. The molecule has 0 aromatic heterocycles. The molecule has 2 saturated carbocycles. The second-order valence-electron chi connectivity index (χ2n) is 28.1. The first-order chi connectivity index (χ1) is 53.0. The Morgan fingerprint density at radius 3 is 0.991 bits per heavy atom. The number of rotatable bonds is 16. The molecular weight excluding hydrogens is 1640 g/mol. The zero-order valence-corrected chi connectivity index (χ0v) is 65.7. The second kappa shape index (κ2) is 35.0. The van der Waals surface area contributed by atoms with E-state index in [-0.39, 0.29) is 131 Å². The summed E-state index contributed by atoms with van der Waals surface area (Å²) in [5.74, 6) is -11.2. The Morgan fingerprint density at radius 2 is 0.679 bits per heavy atom. The van der Waals surface area contributed by atoms with Gasteiger partial charge in [0.1, 0.15) is 43.3 Å². The van der Waals surface area contributed by atoms with Crippen molar-refractivity contribution in [3.05, 3.63) is 260 Å². The molecule has 16 nitrogen and oxygen atoms in total. The van der Waals surface area contributed by atoms with Gasteiger partial charge in [0.25, 0.3) is 0 Å². The van der Waals surface area contributed by atoms with Crippen LogP contribution in [0.1, 0.15) is 110 Å². The Kier molecular flexibility index (Phi) is 26.8. The predicted molar refractivity (Wildman–Crippen MR) is 405 cm³/mol. The van der Waals surface area contributed by atoms with Gasteiger partial charge in [0.05, 0.1) is 92.7 Å². The number of aliphatic hydroxyl groups is 4.